The SMILES string of the molecule is CC(C)(C)c1nc2c(-c3ccc(-c4ccccc4)c(C(F)(F)F)c3)ccnc2n1-c1ccc(-c2ccccc2)c(C(F)(F)F)c1. The molecule has 6 rings (SSSR count). The summed E-state index contributed by atoms with van der Waals surface area (Å²) in [5, 5.41) is 0. The van der Waals surface area contributed by atoms with E-state index < -0.39 is 28.9 Å². The predicted octanol–water partition coefficient (Wildman–Crippen LogP) is 10.8. The van der Waals surface area contributed by atoms with E-state index in [2.05, 4.69) is 4.98 Å². The number of alkyl halides is 6. The molecule has 2 aromatic heterocycles. The quantitative estimate of drug-likeness (QED) is 0.185. The van der Waals surface area contributed by atoms with Gasteiger partial charge in [-0.15, -0.1) is 0 Å². The second-order valence-corrected chi connectivity index (χ2v) is 11.8. The number of benzene rings is 4. The van der Waals surface area contributed by atoms with Crippen molar-refractivity contribution in [1.82, 2.24) is 14.5 Å². The van der Waals surface area contributed by atoms with Gasteiger partial charge in [-0.3, -0.25) is 4.57 Å². The molecule has 0 radical (unpaired) electrons. The molecule has 0 aliphatic rings. The van der Waals surface area contributed by atoms with E-state index in [-0.39, 0.29) is 33.5 Å². The number of imidazole rings is 1. The number of aromatic nitrogens is 3. The molecule has 0 aliphatic heterocycles. The van der Waals surface area contributed by atoms with Crippen LogP contribution in [-0.2, 0) is 17.8 Å². The number of fused-ring (bicyclic) bond motifs is 1. The minimum absolute atomic E-state index is 0.0282. The molecule has 0 N–H and O–H groups in total. The number of nitrogens with zero attached hydrogens (tertiary/aromatic N) is 3. The second kappa shape index (κ2) is 10.9. The van der Waals surface area contributed by atoms with Crippen molar-refractivity contribution in [2.75, 3.05) is 0 Å². The Bertz CT molecular complexity index is 2000. The van der Waals surface area contributed by atoms with Crippen molar-refractivity contribution in [3.05, 3.63) is 126 Å². The Morgan fingerprint density at radius 2 is 1.09 bits per heavy atom. The summed E-state index contributed by atoms with van der Waals surface area (Å²) in [5.41, 5.74) is -0.0381. The fourth-order valence-electron chi connectivity index (χ4n) is 5.54. The fraction of sp³-hybridized carbons (Fsp3) is 0.167. The Morgan fingerprint density at radius 3 is 1.62 bits per heavy atom. The van der Waals surface area contributed by atoms with Crippen LogP contribution in [0.2, 0.25) is 0 Å². The molecule has 6 aromatic rings. The van der Waals surface area contributed by atoms with Crippen LogP contribution in [0.5, 0.6) is 0 Å². The normalized spacial score (nSPS) is 12.6. The zero-order chi connectivity index (χ0) is 32.1. The van der Waals surface area contributed by atoms with E-state index in [1.807, 2.05) is 20.8 Å². The van der Waals surface area contributed by atoms with E-state index in [1.54, 1.807) is 83.4 Å². The molecular weight excluding hydrogens is 588 g/mol. The highest BCUT2D eigenvalue weighted by Crippen LogP contribution is 2.43. The van der Waals surface area contributed by atoms with Gasteiger partial charge in [0.1, 0.15) is 11.3 Å². The van der Waals surface area contributed by atoms with E-state index in [4.69, 9.17) is 4.98 Å². The lowest BCUT2D eigenvalue weighted by atomic mass is 9.94. The topological polar surface area (TPSA) is 30.7 Å². The molecule has 0 atom stereocenters. The zero-order valence-electron chi connectivity index (χ0n) is 24.5. The van der Waals surface area contributed by atoms with E-state index in [9.17, 15) is 26.3 Å². The Kier molecular flexibility index (Phi) is 7.30. The van der Waals surface area contributed by atoms with Crippen molar-refractivity contribution in [1.29, 1.82) is 0 Å². The average Bonchev–Trinajstić information content (AvgIpc) is 3.41. The monoisotopic (exact) mass is 615 g/mol. The Morgan fingerprint density at radius 1 is 0.556 bits per heavy atom. The standard InChI is InChI=1S/C36H27F6N3/c1-34(2,3)33-44-31-28(24-14-16-26(22-10-6-4-7-11-22)29(20-24)35(37,38)39)18-19-43-32(31)45(33)25-15-17-27(23-12-8-5-9-13-23)30(21-25)36(40,41)42/h4-21H,1-3H3. The number of hydrogen-bond donors (Lipinski definition) is 0. The number of halogens is 6. The van der Waals surface area contributed by atoms with Crippen molar-refractivity contribution in [2.45, 2.75) is 38.5 Å². The number of hydrogen-bond acceptors (Lipinski definition) is 2. The first kappa shape index (κ1) is 30.1. The largest absolute Gasteiger partial charge is 0.417 e. The summed E-state index contributed by atoms with van der Waals surface area (Å²) >= 11 is 0. The Labute approximate surface area is 255 Å². The smallest absolute Gasteiger partial charge is 0.280 e. The minimum atomic E-state index is -4.66. The minimum Gasteiger partial charge on any atom is -0.280 e. The maximum Gasteiger partial charge on any atom is 0.417 e. The van der Waals surface area contributed by atoms with Crippen LogP contribution in [-0.4, -0.2) is 14.5 Å². The van der Waals surface area contributed by atoms with Gasteiger partial charge < -0.3 is 0 Å². The lowest BCUT2D eigenvalue weighted by Crippen LogP contribution is -2.19. The molecule has 2 heterocycles. The summed E-state index contributed by atoms with van der Waals surface area (Å²) in [6.07, 6.45) is -7.87. The molecule has 0 unspecified atom stereocenters. The van der Waals surface area contributed by atoms with Crippen molar-refractivity contribution in [2.24, 2.45) is 0 Å². The molecular formula is C36H27F6N3. The molecule has 0 spiro atoms. The molecule has 3 nitrogen and oxygen atoms in total. The highest BCUT2D eigenvalue weighted by molar-refractivity contribution is 5.92. The van der Waals surface area contributed by atoms with Gasteiger partial charge in [0.25, 0.3) is 0 Å². The van der Waals surface area contributed by atoms with Gasteiger partial charge in [0.2, 0.25) is 0 Å². The zero-order valence-corrected chi connectivity index (χ0v) is 24.5. The molecule has 9 heteroatoms. The lowest BCUT2D eigenvalue weighted by molar-refractivity contribution is -0.137. The first-order valence-corrected chi connectivity index (χ1v) is 14.2. The van der Waals surface area contributed by atoms with E-state index in [0.29, 0.717) is 22.5 Å². The first-order chi connectivity index (χ1) is 21.2. The van der Waals surface area contributed by atoms with Crippen LogP contribution in [0, 0.1) is 0 Å². The second-order valence-electron chi connectivity index (χ2n) is 11.8. The highest BCUT2D eigenvalue weighted by Gasteiger charge is 2.36. The van der Waals surface area contributed by atoms with Gasteiger partial charge in [-0.25, -0.2) is 9.97 Å². The molecule has 0 saturated heterocycles. The molecule has 45 heavy (non-hydrogen) atoms. The van der Waals surface area contributed by atoms with Crippen LogP contribution in [0.25, 0.3) is 50.2 Å². The summed E-state index contributed by atoms with van der Waals surface area (Å²) in [5.74, 6) is 0.412. The Hall–Kier alpha value is -4.92. The maximum atomic E-state index is 14.4. The van der Waals surface area contributed by atoms with Gasteiger partial charge in [-0.05, 0) is 52.1 Å². The van der Waals surface area contributed by atoms with Crippen LogP contribution in [0.1, 0.15) is 37.7 Å². The third kappa shape index (κ3) is 5.70. The molecule has 0 saturated carbocycles. The van der Waals surface area contributed by atoms with Crippen LogP contribution in [0.4, 0.5) is 26.3 Å². The summed E-state index contributed by atoms with van der Waals surface area (Å²) < 4.78 is 88.0. The van der Waals surface area contributed by atoms with Crippen molar-refractivity contribution < 1.29 is 26.3 Å². The molecule has 0 bridgehead atoms. The van der Waals surface area contributed by atoms with Crippen LogP contribution < -0.4 is 0 Å². The predicted molar refractivity (Wildman–Crippen MR) is 164 cm³/mol. The lowest BCUT2D eigenvalue weighted by Gasteiger charge is -2.21. The summed E-state index contributed by atoms with van der Waals surface area (Å²) in [6, 6.07) is 26.4. The van der Waals surface area contributed by atoms with Gasteiger partial charge in [0.15, 0.2) is 5.65 Å². The summed E-state index contributed by atoms with van der Waals surface area (Å²) in [7, 11) is 0. The van der Waals surface area contributed by atoms with Crippen LogP contribution in [0.3, 0.4) is 0 Å². The third-order valence-corrected chi connectivity index (χ3v) is 7.59. The summed E-state index contributed by atoms with van der Waals surface area (Å²) in [4.78, 5) is 9.30. The average molecular weight is 616 g/mol. The van der Waals surface area contributed by atoms with Gasteiger partial charge in [0, 0.05) is 22.9 Å². The first-order valence-electron chi connectivity index (χ1n) is 14.2. The van der Waals surface area contributed by atoms with Gasteiger partial charge in [-0.2, -0.15) is 26.3 Å². The van der Waals surface area contributed by atoms with Crippen molar-refractivity contribution in [3.63, 3.8) is 0 Å². The van der Waals surface area contributed by atoms with Crippen molar-refractivity contribution in [3.8, 4) is 39.1 Å². The number of pyridine rings is 1. The van der Waals surface area contributed by atoms with Gasteiger partial charge in [0.05, 0.1) is 11.1 Å². The van der Waals surface area contributed by atoms with E-state index >= 15 is 0 Å². The maximum absolute atomic E-state index is 14.4. The van der Waals surface area contributed by atoms with Crippen molar-refractivity contribution >= 4 is 11.2 Å². The molecule has 0 amide bonds. The highest BCUT2D eigenvalue weighted by atomic mass is 19.4. The summed E-state index contributed by atoms with van der Waals surface area (Å²) in [6.45, 7) is 5.59. The van der Waals surface area contributed by atoms with Crippen LogP contribution in [0.15, 0.2) is 109 Å². The molecule has 4 aromatic carbocycles. The van der Waals surface area contributed by atoms with Gasteiger partial charge >= 0.3 is 12.4 Å². The molecule has 0 aliphatic carbocycles. The third-order valence-electron chi connectivity index (χ3n) is 7.59. The van der Waals surface area contributed by atoms with Crippen LogP contribution >= 0.6 is 0 Å². The molecule has 0 fully saturated rings. The Balaban J connectivity index is 1.58. The van der Waals surface area contributed by atoms with E-state index in [0.717, 1.165) is 12.1 Å². The molecule has 228 valence electrons. The van der Waals surface area contributed by atoms with Gasteiger partial charge in [-0.1, -0.05) is 99.6 Å². The number of rotatable bonds is 4. The fourth-order valence-corrected chi connectivity index (χ4v) is 5.54. The van der Waals surface area contributed by atoms with E-state index in [1.165, 1.54) is 18.3 Å².